The maximum absolute atomic E-state index is 13.8. The van der Waals surface area contributed by atoms with Gasteiger partial charge in [0, 0.05) is 32.1 Å². The molecule has 6 heteroatoms. The Bertz CT molecular complexity index is 680. The minimum atomic E-state index is -0.821. The van der Waals surface area contributed by atoms with E-state index in [-0.39, 0.29) is 23.0 Å². The second-order valence-electron chi connectivity index (χ2n) is 7.91. The zero-order chi connectivity index (χ0) is 19.3. The van der Waals surface area contributed by atoms with Gasteiger partial charge in [0.15, 0.2) is 0 Å². The number of benzene rings is 1. The fourth-order valence-corrected chi connectivity index (χ4v) is 4.47. The zero-order valence-corrected chi connectivity index (χ0v) is 16.0. The lowest BCUT2D eigenvalue weighted by Crippen LogP contribution is -2.60. The predicted octanol–water partition coefficient (Wildman–Crippen LogP) is 2.83. The van der Waals surface area contributed by atoms with Gasteiger partial charge in [-0.3, -0.25) is 9.59 Å². The maximum atomic E-state index is 13.8. The molecular formula is C21H29FN2O3. The highest BCUT2D eigenvalue weighted by atomic mass is 19.1. The maximum Gasteiger partial charge on any atom is 0.245 e. The summed E-state index contributed by atoms with van der Waals surface area (Å²) in [7, 11) is 0. The summed E-state index contributed by atoms with van der Waals surface area (Å²) >= 11 is 0. The van der Waals surface area contributed by atoms with Gasteiger partial charge < -0.3 is 15.4 Å². The summed E-state index contributed by atoms with van der Waals surface area (Å²) in [6, 6.07) is 6.62. The van der Waals surface area contributed by atoms with Crippen LogP contribution in [0.15, 0.2) is 24.3 Å². The van der Waals surface area contributed by atoms with Gasteiger partial charge in [0.25, 0.3) is 0 Å². The van der Waals surface area contributed by atoms with Crippen molar-refractivity contribution in [2.24, 2.45) is 0 Å². The van der Waals surface area contributed by atoms with Gasteiger partial charge in [-0.05, 0) is 43.4 Å². The minimum absolute atomic E-state index is 0.125. The first kappa shape index (κ1) is 19.8. The van der Waals surface area contributed by atoms with E-state index in [4.69, 9.17) is 4.74 Å². The number of halogens is 1. The van der Waals surface area contributed by atoms with E-state index in [0.29, 0.717) is 32.6 Å². The first-order valence-corrected chi connectivity index (χ1v) is 9.87. The highest BCUT2D eigenvalue weighted by molar-refractivity contribution is 5.91. The summed E-state index contributed by atoms with van der Waals surface area (Å²) in [4.78, 5) is 24.8. The van der Waals surface area contributed by atoms with Gasteiger partial charge >= 0.3 is 0 Å². The van der Waals surface area contributed by atoms with Crippen LogP contribution in [0.25, 0.3) is 0 Å². The van der Waals surface area contributed by atoms with Crippen LogP contribution < -0.4 is 10.6 Å². The fourth-order valence-electron chi connectivity index (χ4n) is 4.47. The van der Waals surface area contributed by atoms with Crippen molar-refractivity contribution in [1.29, 1.82) is 0 Å². The van der Waals surface area contributed by atoms with Gasteiger partial charge in [-0.2, -0.15) is 0 Å². The number of carbonyl (C=O) groups excluding carboxylic acids is 2. The van der Waals surface area contributed by atoms with E-state index in [1.54, 1.807) is 12.1 Å². The molecule has 1 aliphatic heterocycles. The first-order chi connectivity index (χ1) is 13.0. The molecule has 2 aliphatic rings. The normalized spacial score (nSPS) is 21.3. The SMILES string of the molecule is CC(=O)NC1(C(=O)NCC2(c3cccc(F)c3)CCOCC2)CCCCC1. The van der Waals surface area contributed by atoms with E-state index in [9.17, 15) is 14.0 Å². The van der Waals surface area contributed by atoms with Crippen molar-refractivity contribution in [1.82, 2.24) is 10.6 Å². The van der Waals surface area contributed by atoms with E-state index >= 15 is 0 Å². The van der Waals surface area contributed by atoms with E-state index in [0.717, 1.165) is 37.7 Å². The minimum Gasteiger partial charge on any atom is -0.381 e. The van der Waals surface area contributed by atoms with Crippen LogP contribution in [0.5, 0.6) is 0 Å². The van der Waals surface area contributed by atoms with Gasteiger partial charge in [0.2, 0.25) is 11.8 Å². The molecule has 0 aromatic heterocycles. The Kier molecular flexibility index (Phi) is 6.15. The Balaban J connectivity index is 1.78. The molecule has 0 spiro atoms. The molecule has 1 aromatic rings. The van der Waals surface area contributed by atoms with Crippen molar-refractivity contribution in [3.63, 3.8) is 0 Å². The number of ether oxygens (including phenoxy) is 1. The van der Waals surface area contributed by atoms with Gasteiger partial charge in [-0.1, -0.05) is 31.4 Å². The molecule has 1 saturated heterocycles. The molecule has 2 fully saturated rings. The number of hydrogen-bond donors (Lipinski definition) is 2. The van der Waals surface area contributed by atoms with E-state index in [1.165, 1.54) is 13.0 Å². The average Bonchev–Trinajstić information content (AvgIpc) is 2.67. The second-order valence-corrected chi connectivity index (χ2v) is 7.91. The number of carbonyl (C=O) groups is 2. The van der Waals surface area contributed by atoms with E-state index in [1.807, 2.05) is 6.07 Å². The highest BCUT2D eigenvalue weighted by Crippen LogP contribution is 2.35. The molecule has 1 aliphatic carbocycles. The van der Waals surface area contributed by atoms with Crippen LogP contribution in [0.1, 0.15) is 57.4 Å². The predicted molar refractivity (Wildman–Crippen MR) is 101 cm³/mol. The van der Waals surface area contributed by atoms with Crippen molar-refractivity contribution in [3.8, 4) is 0 Å². The van der Waals surface area contributed by atoms with Gasteiger partial charge in [-0.25, -0.2) is 4.39 Å². The summed E-state index contributed by atoms with van der Waals surface area (Å²) in [5, 5.41) is 6.00. The molecule has 0 bridgehead atoms. The zero-order valence-electron chi connectivity index (χ0n) is 16.0. The van der Waals surface area contributed by atoms with Crippen LogP contribution in [0.3, 0.4) is 0 Å². The topological polar surface area (TPSA) is 67.4 Å². The molecule has 27 heavy (non-hydrogen) atoms. The number of amides is 2. The Morgan fingerprint density at radius 1 is 1.11 bits per heavy atom. The molecule has 2 amide bonds. The number of hydrogen-bond acceptors (Lipinski definition) is 3. The Labute approximate surface area is 160 Å². The second kappa shape index (κ2) is 8.38. The Hall–Kier alpha value is -1.95. The third-order valence-corrected chi connectivity index (χ3v) is 6.03. The molecular weight excluding hydrogens is 347 g/mol. The molecule has 1 aromatic carbocycles. The average molecular weight is 376 g/mol. The van der Waals surface area contributed by atoms with Crippen molar-refractivity contribution in [3.05, 3.63) is 35.6 Å². The molecule has 0 radical (unpaired) electrons. The summed E-state index contributed by atoms with van der Waals surface area (Å²) in [5.74, 6) is -0.579. The molecule has 3 rings (SSSR count). The lowest BCUT2D eigenvalue weighted by Gasteiger charge is -2.41. The van der Waals surface area contributed by atoms with Crippen molar-refractivity contribution >= 4 is 11.8 Å². The molecule has 0 unspecified atom stereocenters. The molecule has 1 heterocycles. The smallest absolute Gasteiger partial charge is 0.245 e. The molecule has 5 nitrogen and oxygen atoms in total. The third kappa shape index (κ3) is 4.49. The largest absolute Gasteiger partial charge is 0.381 e. The number of nitrogens with one attached hydrogen (secondary N) is 2. The standard InChI is InChI=1S/C21H29FN2O3/c1-16(25)24-21(8-3-2-4-9-21)19(26)23-15-20(10-12-27-13-11-20)17-6-5-7-18(22)14-17/h5-7,14H,2-4,8-13,15H2,1H3,(H,23,26)(H,24,25). The number of rotatable bonds is 5. The Morgan fingerprint density at radius 2 is 1.81 bits per heavy atom. The van der Waals surface area contributed by atoms with Crippen molar-refractivity contribution < 1.29 is 18.7 Å². The lowest BCUT2D eigenvalue weighted by atomic mass is 9.73. The van der Waals surface area contributed by atoms with Crippen LogP contribution in [-0.4, -0.2) is 37.1 Å². The van der Waals surface area contributed by atoms with E-state index in [2.05, 4.69) is 10.6 Å². The van der Waals surface area contributed by atoms with Crippen LogP contribution in [0.2, 0.25) is 0 Å². The summed E-state index contributed by atoms with van der Waals surface area (Å²) < 4.78 is 19.3. The van der Waals surface area contributed by atoms with Crippen LogP contribution >= 0.6 is 0 Å². The van der Waals surface area contributed by atoms with E-state index < -0.39 is 5.54 Å². The molecule has 1 saturated carbocycles. The lowest BCUT2D eigenvalue weighted by molar-refractivity contribution is -0.134. The molecule has 148 valence electrons. The quantitative estimate of drug-likeness (QED) is 0.830. The summed E-state index contributed by atoms with van der Waals surface area (Å²) in [5.41, 5.74) is -0.274. The van der Waals surface area contributed by atoms with Gasteiger partial charge in [0.1, 0.15) is 11.4 Å². The van der Waals surface area contributed by atoms with Gasteiger partial charge in [0.05, 0.1) is 0 Å². The molecule has 2 N–H and O–H groups in total. The summed E-state index contributed by atoms with van der Waals surface area (Å²) in [6.07, 6.45) is 5.71. The molecule has 0 atom stereocenters. The van der Waals surface area contributed by atoms with Gasteiger partial charge in [-0.15, -0.1) is 0 Å². The highest BCUT2D eigenvalue weighted by Gasteiger charge is 2.42. The van der Waals surface area contributed by atoms with Crippen molar-refractivity contribution in [2.75, 3.05) is 19.8 Å². The third-order valence-electron chi connectivity index (χ3n) is 6.03. The first-order valence-electron chi connectivity index (χ1n) is 9.87. The monoisotopic (exact) mass is 376 g/mol. The Morgan fingerprint density at radius 3 is 2.44 bits per heavy atom. The van der Waals surface area contributed by atoms with Crippen molar-refractivity contribution in [2.45, 2.75) is 62.8 Å². The fraction of sp³-hybridized carbons (Fsp3) is 0.619. The summed E-state index contributed by atoms with van der Waals surface area (Å²) in [6.45, 7) is 3.04. The van der Waals surface area contributed by atoms with Crippen LogP contribution in [0, 0.1) is 5.82 Å². The van der Waals surface area contributed by atoms with Crippen LogP contribution in [0.4, 0.5) is 4.39 Å². The van der Waals surface area contributed by atoms with Crippen LogP contribution in [-0.2, 0) is 19.7 Å².